The van der Waals surface area contributed by atoms with Gasteiger partial charge in [-0.25, -0.2) is 0 Å². The highest BCUT2D eigenvalue weighted by atomic mass is 28.4. The monoisotopic (exact) mass is 318 g/mol. The predicted molar refractivity (Wildman–Crippen MR) is 92.5 cm³/mol. The van der Waals surface area contributed by atoms with Crippen molar-refractivity contribution in [1.29, 1.82) is 0 Å². The quantitative estimate of drug-likeness (QED) is 0.531. The van der Waals surface area contributed by atoms with Crippen LogP contribution >= 0.6 is 0 Å². The second-order valence-corrected chi connectivity index (χ2v) is 10.4. The summed E-state index contributed by atoms with van der Waals surface area (Å²) in [6.07, 6.45) is 2.51. The van der Waals surface area contributed by atoms with Gasteiger partial charge in [0.2, 0.25) is 0 Å². The van der Waals surface area contributed by atoms with Gasteiger partial charge in [0.15, 0.2) is 0 Å². The summed E-state index contributed by atoms with van der Waals surface area (Å²) < 4.78 is 19.2. The predicted octanol–water partition coefficient (Wildman–Crippen LogP) is 5.42. The van der Waals surface area contributed by atoms with E-state index in [1.807, 2.05) is 0 Å². The lowest BCUT2D eigenvalue weighted by Gasteiger charge is -2.45. The van der Waals surface area contributed by atoms with Crippen LogP contribution in [0.15, 0.2) is 0 Å². The van der Waals surface area contributed by atoms with Gasteiger partial charge in [-0.1, -0.05) is 34.1 Å². The van der Waals surface area contributed by atoms with Gasteiger partial charge in [-0.3, -0.25) is 0 Å². The largest absolute Gasteiger partial charge is 0.505 e. The van der Waals surface area contributed by atoms with E-state index >= 15 is 0 Å². The van der Waals surface area contributed by atoms with Gasteiger partial charge in [0.05, 0.1) is 0 Å². The summed E-state index contributed by atoms with van der Waals surface area (Å²) in [5, 5.41) is 0. The summed E-state index contributed by atoms with van der Waals surface area (Å²) in [5.41, 5.74) is 0.406. The molecule has 0 aromatic carbocycles. The van der Waals surface area contributed by atoms with Crippen LogP contribution in [-0.2, 0) is 13.3 Å². The van der Waals surface area contributed by atoms with Gasteiger partial charge in [0.25, 0.3) is 0 Å². The average Bonchev–Trinajstić information content (AvgIpc) is 2.20. The molecule has 3 nitrogen and oxygen atoms in total. The van der Waals surface area contributed by atoms with Gasteiger partial charge in [-0.15, -0.1) is 0 Å². The van der Waals surface area contributed by atoms with Gasteiger partial charge in [-0.2, -0.15) is 0 Å². The van der Waals surface area contributed by atoms with Crippen LogP contribution in [0.3, 0.4) is 0 Å². The number of hydrogen-bond acceptors (Lipinski definition) is 3. The molecule has 0 aromatic heterocycles. The molecule has 0 radical (unpaired) electrons. The summed E-state index contributed by atoms with van der Waals surface area (Å²) in [6.45, 7) is 21.5. The SMILES string of the molecule is CCCC(C(C)(C)C)[Si](OC(C)C)(OC(C)C)OC(C)C. The molecule has 0 amide bonds. The molecule has 0 N–H and O–H groups in total. The molecule has 0 aliphatic rings. The minimum Gasteiger partial charge on any atom is -0.371 e. The van der Waals surface area contributed by atoms with Crippen LogP contribution in [0.25, 0.3) is 0 Å². The molecular formula is C17H38O3Si. The van der Waals surface area contributed by atoms with Gasteiger partial charge in [-0.05, 0) is 53.4 Å². The third-order valence-corrected chi connectivity index (χ3v) is 7.66. The molecule has 1 atom stereocenters. The van der Waals surface area contributed by atoms with E-state index < -0.39 is 8.80 Å². The van der Waals surface area contributed by atoms with E-state index in [1.165, 1.54) is 0 Å². The minimum absolute atomic E-state index is 0.0981. The molecule has 0 spiro atoms. The second kappa shape index (κ2) is 8.66. The van der Waals surface area contributed by atoms with Crippen molar-refractivity contribution in [2.75, 3.05) is 0 Å². The lowest BCUT2D eigenvalue weighted by Crippen LogP contribution is -2.57. The molecule has 0 heterocycles. The van der Waals surface area contributed by atoms with Gasteiger partial charge >= 0.3 is 8.80 Å². The van der Waals surface area contributed by atoms with Gasteiger partial charge < -0.3 is 13.3 Å². The summed E-state index contributed by atoms with van der Waals surface area (Å²) in [4.78, 5) is 0. The third kappa shape index (κ3) is 7.27. The van der Waals surface area contributed by atoms with Crippen molar-refractivity contribution in [1.82, 2.24) is 0 Å². The molecule has 128 valence electrons. The first-order chi connectivity index (χ1) is 9.44. The number of hydrogen-bond donors (Lipinski definition) is 0. The van der Waals surface area contributed by atoms with Crippen LogP contribution in [0.5, 0.6) is 0 Å². The fraction of sp³-hybridized carbons (Fsp3) is 1.00. The summed E-state index contributed by atoms with van der Waals surface area (Å²) >= 11 is 0. The molecule has 0 fully saturated rings. The zero-order valence-corrected chi connectivity index (χ0v) is 16.9. The zero-order chi connectivity index (χ0) is 16.8. The Kier molecular flexibility index (Phi) is 8.70. The average molecular weight is 319 g/mol. The normalized spacial score (nSPS) is 15.3. The summed E-state index contributed by atoms with van der Waals surface area (Å²) in [5.74, 6) is 0. The Morgan fingerprint density at radius 1 is 0.762 bits per heavy atom. The first-order valence-electron chi connectivity index (χ1n) is 8.48. The molecule has 0 saturated heterocycles. The zero-order valence-electron chi connectivity index (χ0n) is 15.9. The van der Waals surface area contributed by atoms with E-state index in [0.29, 0.717) is 5.54 Å². The van der Waals surface area contributed by atoms with Crippen molar-refractivity contribution in [2.24, 2.45) is 5.41 Å². The highest BCUT2D eigenvalue weighted by Gasteiger charge is 2.55. The van der Waals surface area contributed by atoms with Crippen LogP contribution < -0.4 is 0 Å². The molecule has 21 heavy (non-hydrogen) atoms. The first kappa shape index (κ1) is 21.1. The molecular weight excluding hydrogens is 280 g/mol. The molecule has 0 saturated carbocycles. The summed E-state index contributed by atoms with van der Waals surface area (Å²) in [7, 11) is -2.77. The summed E-state index contributed by atoms with van der Waals surface area (Å²) in [6, 6.07) is 0. The fourth-order valence-corrected chi connectivity index (χ4v) is 7.08. The topological polar surface area (TPSA) is 27.7 Å². The Morgan fingerprint density at radius 2 is 1.10 bits per heavy atom. The lowest BCUT2D eigenvalue weighted by atomic mass is 9.89. The molecule has 0 aliphatic heterocycles. The molecule has 0 rings (SSSR count). The van der Waals surface area contributed by atoms with E-state index in [4.69, 9.17) is 13.3 Å². The maximum absolute atomic E-state index is 6.40. The maximum atomic E-state index is 6.40. The first-order valence-corrected chi connectivity index (χ1v) is 10.3. The van der Waals surface area contributed by atoms with Gasteiger partial charge in [0, 0.05) is 23.9 Å². The standard InChI is InChI=1S/C17H38O3Si/c1-11-12-16(17(8,9)10)21(18-13(2)3,19-14(4)5)20-15(6)7/h13-16H,11-12H2,1-10H3. The molecule has 1 unspecified atom stereocenters. The van der Waals surface area contributed by atoms with E-state index in [-0.39, 0.29) is 23.7 Å². The van der Waals surface area contributed by atoms with Crippen molar-refractivity contribution < 1.29 is 13.3 Å². The van der Waals surface area contributed by atoms with E-state index in [9.17, 15) is 0 Å². The van der Waals surface area contributed by atoms with Crippen LogP contribution in [0.2, 0.25) is 5.54 Å². The third-order valence-electron chi connectivity index (χ3n) is 3.25. The fourth-order valence-electron chi connectivity index (χ4n) is 2.74. The van der Waals surface area contributed by atoms with Crippen LogP contribution in [0.1, 0.15) is 82.1 Å². The molecule has 0 bridgehead atoms. The Bertz CT molecular complexity index is 256. The highest BCUT2D eigenvalue weighted by molar-refractivity contribution is 6.62. The number of rotatable bonds is 9. The van der Waals surface area contributed by atoms with Crippen LogP contribution in [0, 0.1) is 5.41 Å². The molecule has 4 heteroatoms. The Labute approximate surface area is 134 Å². The Hall–Kier alpha value is 0.0969. The van der Waals surface area contributed by atoms with Crippen molar-refractivity contribution >= 4 is 8.80 Å². The molecule has 0 aromatic rings. The van der Waals surface area contributed by atoms with E-state index in [1.54, 1.807) is 0 Å². The van der Waals surface area contributed by atoms with Crippen molar-refractivity contribution in [2.45, 2.75) is 106 Å². The van der Waals surface area contributed by atoms with E-state index in [2.05, 4.69) is 69.2 Å². The second-order valence-electron chi connectivity index (χ2n) is 7.81. The Morgan fingerprint density at radius 3 is 1.29 bits per heavy atom. The Balaban J connectivity index is 5.75. The van der Waals surface area contributed by atoms with Crippen LogP contribution in [0.4, 0.5) is 0 Å². The van der Waals surface area contributed by atoms with Crippen LogP contribution in [-0.4, -0.2) is 27.1 Å². The molecule has 0 aliphatic carbocycles. The maximum Gasteiger partial charge on any atom is 0.505 e. The highest BCUT2D eigenvalue weighted by Crippen LogP contribution is 2.45. The van der Waals surface area contributed by atoms with Gasteiger partial charge in [0.1, 0.15) is 0 Å². The van der Waals surface area contributed by atoms with Crippen molar-refractivity contribution in [3.63, 3.8) is 0 Å². The van der Waals surface area contributed by atoms with Crippen molar-refractivity contribution in [3.8, 4) is 0 Å². The van der Waals surface area contributed by atoms with Crippen molar-refractivity contribution in [3.05, 3.63) is 0 Å². The minimum atomic E-state index is -2.77. The van der Waals surface area contributed by atoms with E-state index in [0.717, 1.165) is 12.8 Å². The lowest BCUT2D eigenvalue weighted by molar-refractivity contribution is -0.0157. The smallest absolute Gasteiger partial charge is 0.371 e.